The first-order chi connectivity index (χ1) is 10.1. The molecule has 0 aliphatic rings. The summed E-state index contributed by atoms with van der Waals surface area (Å²) in [7, 11) is 1.65. The summed E-state index contributed by atoms with van der Waals surface area (Å²) < 4.78 is 18.2. The number of aromatic carboxylic acids is 1. The van der Waals surface area contributed by atoms with Gasteiger partial charge in [0.05, 0.1) is 6.61 Å². The fourth-order valence-electron chi connectivity index (χ4n) is 1.64. The Morgan fingerprint density at radius 2 is 2.05 bits per heavy atom. The molecule has 0 aliphatic carbocycles. The minimum absolute atomic E-state index is 0.0777. The highest BCUT2D eigenvalue weighted by Gasteiger charge is 2.10. The summed E-state index contributed by atoms with van der Waals surface area (Å²) >= 11 is 0. The molecule has 0 amide bonds. The van der Waals surface area contributed by atoms with Gasteiger partial charge in [-0.2, -0.15) is 0 Å². The van der Waals surface area contributed by atoms with Crippen LogP contribution in [0.2, 0.25) is 0 Å². The van der Waals surface area contributed by atoms with Crippen molar-refractivity contribution < 1.29 is 19.0 Å². The number of carboxylic acid groups (broad SMARTS) is 1. The Morgan fingerprint density at radius 3 is 2.67 bits per heavy atom. The summed E-state index contributed by atoms with van der Waals surface area (Å²) in [5.74, 6) is -0.131. The van der Waals surface area contributed by atoms with Gasteiger partial charge in [0, 0.05) is 19.5 Å². The summed E-state index contributed by atoms with van der Waals surface area (Å²) in [4.78, 5) is 19.1. The molecule has 0 spiro atoms. The van der Waals surface area contributed by atoms with Crippen LogP contribution in [0.3, 0.4) is 0 Å². The highest BCUT2D eigenvalue weighted by molar-refractivity contribution is 5.86. The van der Waals surface area contributed by atoms with Gasteiger partial charge < -0.3 is 15.2 Å². The van der Waals surface area contributed by atoms with Crippen molar-refractivity contribution >= 4 is 11.8 Å². The third-order valence-corrected chi connectivity index (χ3v) is 2.66. The second kappa shape index (κ2) is 6.65. The number of carbonyl (C=O) groups is 1. The van der Waals surface area contributed by atoms with E-state index in [2.05, 4.69) is 15.3 Å². The van der Waals surface area contributed by atoms with E-state index in [1.54, 1.807) is 7.05 Å². The van der Waals surface area contributed by atoms with E-state index in [9.17, 15) is 9.18 Å². The second-order valence-corrected chi connectivity index (χ2v) is 4.16. The van der Waals surface area contributed by atoms with Gasteiger partial charge in [0.2, 0.25) is 0 Å². The monoisotopic (exact) mass is 291 g/mol. The molecule has 2 rings (SSSR count). The minimum atomic E-state index is -1.12. The number of anilines is 1. The highest BCUT2D eigenvalue weighted by atomic mass is 19.1. The Balaban J connectivity index is 2.00. The summed E-state index contributed by atoms with van der Waals surface area (Å²) in [6.45, 7) is 0.262. The number of hydrogen-bond donors (Lipinski definition) is 2. The van der Waals surface area contributed by atoms with Crippen LogP contribution >= 0.6 is 0 Å². The third-order valence-electron chi connectivity index (χ3n) is 2.66. The van der Waals surface area contributed by atoms with Crippen LogP contribution in [-0.4, -0.2) is 34.7 Å². The van der Waals surface area contributed by atoms with Crippen LogP contribution in [0, 0.1) is 5.82 Å². The SMILES string of the molecule is CNc1cc(C(=O)O)nc(CCOc2ccc(F)cc2)n1. The van der Waals surface area contributed by atoms with Crippen molar-refractivity contribution in [2.75, 3.05) is 19.0 Å². The quantitative estimate of drug-likeness (QED) is 0.846. The first-order valence-electron chi connectivity index (χ1n) is 6.26. The first-order valence-corrected chi connectivity index (χ1v) is 6.26. The number of aromatic nitrogens is 2. The van der Waals surface area contributed by atoms with Gasteiger partial charge >= 0.3 is 5.97 Å². The Hall–Kier alpha value is -2.70. The number of hydrogen-bond acceptors (Lipinski definition) is 5. The van der Waals surface area contributed by atoms with E-state index in [0.29, 0.717) is 23.8 Å². The van der Waals surface area contributed by atoms with Crippen LogP contribution in [0.5, 0.6) is 5.75 Å². The molecular weight excluding hydrogens is 277 g/mol. The van der Waals surface area contributed by atoms with Crippen molar-refractivity contribution in [3.63, 3.8) is 0 Å². The molecule has 2 N–H and O–H groups in total. The van der Waals surface area contributed by atoms with E-state index in [4.69, 9.17) is 9.84 Å². The fourth-order valence-corrected chi connectivity index (χ4v) is 1.64. The molecule has 0 aliphatic heterocycles. The molecule has 0 radical (unpaired) electrons. The van der Waals surface area contributed by atoms with E-state index in [-0.39, 0.29) is 18.1 Å². The minimum Gasteiger partial charge on any atom is -0.493 e. The van der Waals surface area contributed by atoms with E-state index >= 15 is 0 Å². The zero-order chi connectivity index (χ0) is 15.2. The molecule has 0 atom stereocenters. The van der Waals surface area contributed by atoms with Crippen LogP contribution in [0.4, 0.5) is 10.2 Å². The van der Waals surface area contributed by atoms with Crippen molar-refractivity contribution in [1.29, 1.82) is 0 Å². The summed E-state index contributed by atoms with van der Waals surface area (Å²) in [5, 5.41) is 11.8. The van der Waals surface area contributed by atoms with E-state index < -0.39 is 5.97 Å². The zero-order valence-corrected chi connectivity index (χ0v) is 11.3. The second-order valence-electron chi connectivity index (χ2n) is 4.16. The van der Waals surface area contributed by atoms with Crippen LogP contribution in [-0.2, 0) is 6.42 Å². The molecule has 1 heterocycles. The molecule has 0 saturated carbocycles. The van der Waals surface area contributed by atoms with Gasteiger partial charge in [-0.05, 0) is 24.3 Å². The molecule has 0 fully saturated rings. The molecule has 1 aromatic carbocycles. The maximum atomic E-state index is 12.7. The van der Waals surface area contributed by atoms with Gasteiger partial charge in [-0.25, -0.2) is 19.2 Å². The summed E-state index contributed by atoms with van der Waals surface area (Å²) in [5.41, 5.74) is -0.0777. The van der Waals surface area contributed by atoms with E-state index in [0.717, 1.165) is 0 Å². The zero-order valence-electron chi connectivity index (χ0n) is 11.3. The van der Waals surface area contributed by atoms with Gasteiger partial charge in [-0.15, -0.1) is 0 Å². The maximum absolute atomic E-state index is 12.7. The number of nitrogens with zero attached hydrogens (tertiary/aromatic N) is 2. The lowest BCUT2D eigenvalue weighted by Gasteiger charge is -2.07. The first kappa shape index (κ1) is 14.7. The number of halogens is 1. The number of rotatable bonds is 6. The van der Waals surface area contributed by atoms with Crippen LogP contribution in [0.1, 0.15) is 16.3 Å². The predicted molar refractivity (Wildman–Crippen MR) is 74.1 cm³/mol. The average Bonchev–Trinajstić information content (AvgIpc) is 2.49. The third kappa shape index (κ3) is 4.13. The van der Waals surface area contributed by atoms with Crippen LogP contribution < -0.4 is 10.1 Å². The Kier molecular flexibility index (Phi) is 4.65. The summed E-state index contributed by atoms with van der Waals surface area (Å²) in [6.07, 6.45) is 0.340. The maximum Gasteiger partial charge on any atom is 0.354 e. The number of ether oxygens (including phenoxy) is 1. The Labute approximate surface area is 120 Å². The van der Waals surface area contributed by atoms with Gasteiger partial charge in [0.25, 0.3) is 0 Å². The molecule has 0 unspecified atom stereocenters. The van der Waals surface area contributed by atoms with Crippen molar-refractivity contribution in [2.24, 2.45) is 0 Å². The molecular formula is C14H14FN3O3. The largest absolute Gasteiger partial charge is 0.493 e. The van der Waals surface area contributed by atoms with Gasteiger partial charge in [0.1, 0.15) is 23.2 Å². The van der Waals surface area contributed by atoms with E-state index in [1.807, 2.05) is 0 Å². The van der Waals surface area contributed by atoms with Crippen LogP contribution in [0.15, 0.2) is 30.3 Å². The van der Waals surface area contributed by atoms with Crippen molar-refractivity contribution in [3.8, 4) is 5.75 Å². The van der Waals surface area contributed by atoms with Crippen molar-refractivity contribution in [3.05, 3.63) is 47.7 Å². The normalized spacial score (nSPS) is 10.2. The lowest BCUT2D eigenvalue weighted by molar-refractivity contribution is 0.0690. The molecule has 6 nitrogen and oxygen atoms in total. The van der Waals surface area contributed by atoms with Gasteiger partial charge in [-0.3, -0.25) is 0 Å². The Bertz CT molecular complexity index is 632. The highest BCUT2D eigenvalue weighted by Crippen LogP contribution is 2.12. The standard InChI is InChI=1S/C14H14FN3O3/c1-16-13-8-11(14(19)20)17-12(18-13)6-7-21-10-4-2-9(15)3-5-10/h2-5,8H,6-7H2,1H3,(H,19,20)(H,16,17,18). The Morgan fingerprint density at radius 1 is 1.33 bits per heavy atom. The van der Waals surface area contributed by atoms with Crippen molar-refractivity contribution in [2.45, 2.75) is 6.42 Å². The topological polar surface area (TPSA) is 84.3 Å². The smallest absolute Gasteiger partial charge is 0.354 e. The molecule has 7 heteroatoms. The molecule has 0 bridgehead atoms. The van der Waals surface area contributed by atoms with E-state index in [1.165, 1.54) is 30.3 Å². The average molecular weight is 291 g/mol. The van der Waals surface area contributed by atoms with Crippen LogP contribution in [0.25, 0.3) is 0 Å². The number of benzene rings is 1. The van der Waals surface area contributed by atoms with Gasteiger partial charge in [0.15, 0.2) is 5.69 Å². The lowest BCUT2D eigenvalue weighted by atomic mass is 10.3. The molecule has 0 saturated heterocycles. The molecule has 21 heavy (non-hydrogen) atoms. The predicted octanol–water partition coefficient (Wildman–Crippen LogP) is 1.98. The summed E-state index contributed by atoms with van der Waals surface area (Å²) in [6, 6.07) is 6.99. The molecule has 2 aromatic rings. The number of carboxylic acids is 1. The van der Waals surface area contributed by atoms with Crippen molar-refractivity contribution in [1.82, 2.24) is 9.97 Å². The molecule has 1 aromatic heterocycles. The molecule has 110 valence electrons. The lowest BCUT2D eigenvalue weighted by Crippen LogP contribution is -2.11. The van der Waals surface area contributed by atoms with Gasteiger partial charge in [-0.1, -0.05) is 0 Å². The number of nitrogens with one attached hydrogen (secondary N) is 1. The fraction of sp³-hybridized carbons (Fsp3) is 0.214.